The van der Waals surface area contributed by atoms with Crippen LogP contribution in [0, 0.1) is 0 Å². The van der Waals surface area contributed by atoms with Crippen molar-refractivity contribution in [3.05, 3.63) is 87.9 Å². The zero-order valence-electron chi connectivity index (χ0n) is 17.1. The highest BCUT2D eigenvalue weighted by Gasteiger charge is 2.18. The number of hydrogen-bond acceptors (Lipinski definition) is 5. The van der Waals surface area contributed by atoms with Gasteiger partial charge in [0.25, 0.3) is 15.9 Å². The molecule has 3 aromatic carbocycles. The molecule has 0 unspecified atom stereocenters. The van der Waals surface area contributed by atoms with Gasteiger partial charge in [0.1, 0.15) is 10.6 Å². The lowest BCUT2D eigenvalue weighted by atomic mass is 10.1. The molecule has 0 atom stereocenters. The van der Waals surface area contributed by atoms with Gasteiger partial charge < -0.3 is 10.1 Å². The van der Waals surface area contributed by atoms with Crippen LogP contribution in [0.15, 0.2) is 76.7 Å². The van der Waals surface area contributed by atoms with Gasteiger partial charge in [0.15, 0.2) is 0 Å². The highest BCUT2D eigenvalue weighted by Crippen LogP contribution is 2.25. The first-order chi connectivity index (χ1) is 15.2. The number of rotatable bonds is 7. The van der Waals surface area contributed by atoms with Crippen LogP contribution in [0.1, 0.15) is 22.8 Å². The second-order valence-electron chi connectivity index (χ2n) is 6.63. The molecule has 0 saturated heterocycles. The molecule has 166 valence electrons. The first kappa shape index (κ1) is 23.6. The third-order valence-corrected chi connectivity index (χ3v) is 6.35. The van der Waals surface area contributed by atoms with Gasteiger partial charge in [-0.05, 0) is 67.1 Å². The van der Waals surface area contributed by atoms with Crippen LogP contribution in [0.2, 0.25) is 10.0 Å². The molecular formula is C22H19Cl2N3O4S. The SMILES string of the molecule is COc1ccc(C(=O)Nc2ccc(/C(C)=N\NS(=O)(=O)c3cc(Cl)ccc3Cl)cc2)cc1. The van der Waals surface area contributed by atoms with Crippen molar-refractivity contribution in [1.29, 1.82) is 0 Å². The Balaban J connectivity index is 1.68. The molecule has 0 aromatic heterocycles. The lowest BCUT2D eigenvalue weighted by Crippen LogP contribution is -2.20. The molecule has 0 aliphatic rings. The largest absolute Gasteiger partial charge is 0.497 e. The Morgan fingerprint density at radius 1 is 0.938 bits per heavy atom. The number of sulfonamides is 1. The van der Waals surface area contributed by atoms with Crippen molar-refractivity contribution in [2.75, 3.05) is 12.4 Å². The fourth-order valence-electron chi connectivity index (χ4n) is 2.67. The lowest BCUT2D eigenvalue weighted by Gasteiger charge is -2.09. The molecule has 0 bridgehead atoms. The highest BCUT2D eigenvalue weighted by atomic mass is 35.5. The Hall–Kier alpha value is -3.07. The van der Waals surface area contributed by atoms with Crippen LogP contribution >= 0.6 is 23.2 Å². The van der Waals surface area contributed by atoms with Crippen LogP contribution in [0.4, 0.5) is 5.69 Å². The van der Waals surface area contributed by atoms with Gasteiger partial charge in [-0.1, -0.05) is 35.3 Å². The molecule has 0 spiro atoms. The Bertz CT molecular complexity index is 1260. The van der Waals surface area contributed by atoms with Gasteiger partial charge in [-0.2, -0.15) is 18.4 Å². The maximum absolute atomic E-state index is 12.5. The maximum atomic E-state index is 12.5. The van der Waals surface area contributed by atoms with Crippen molar-refractivity contribution >= 4 is 50.5 Å². The molecule has 7 nitrogen and oxygen atoms in total. The number of amides is 1. The van der Waals surface area contributed by atoms with Gasteiger partial charge in [-0.25, -0.2) is 0 Å². The number of hydrogen-bond donors (Lipinski definition) is 2. The van der Waals surface area contributed by atoms with E-state index in [2.05, 4.69) is 15.2 Å². The predicted molar refractivity (Wildman–Crippen MR) is 126 cm³/mol. The maximum Gasteiger partial charge on any atom is 0.278 e. The van der Waals surface area contributed by atoms with E-state index >= 15 is 0 Å². The van der Waals surface area contributed by atoms with Gasteiger partial charge >= 0.3 is 0 Å². The van der Waals surface area contributed by atoms with E-state index in [9.17, 15) is 13.2 Å². The summed E-state index contributed by atoms with van der Waals surface area (Å²) in [6, 6.07) is 17.7. The zero-order chi connectivity index (χ0) is 23.3. The number of carbonyl (C=O) groups excluding carboxylic acids is 1. The second kappa shape index (κ2) is 10.0. The lowest BCUT2D eigenvalue weighted by molar-refractivity contribution is 0.102. The number of halogens is 2. The summed E-state index contributed by atoms with van der Waals surface area (Å²) in [7, 11) is -2.44. The zero-order valence-corrected chi connectivity index (χ0v) is 19.4. The fraction of sp³-hybridized carbons (Fsp3) is 0.0909. The number of nitrogens with one attached hydrogen (secondary N) is 2. The van der Waals surface area contributed by atoms with E-state index in [1.54, 1.807) is 62.6 Å². The second-order valence-corrected chi connectivity index (χ2v) is 9.10. The van der Waals surface area contributed by atoms with Crippen molar-refractivity contribution < 1.29 is 17.9 Å². The normalized spacial score (nSPS) is 11.7. The molecule has 0 radical (unpaired) electrons. The number of ether oxygens (including phenoxy) is 1. The summed E-state index contributed by atoms with van der Waals surface area (Å²) >= 11 is 11.8. The van der Waals surface area contributed by atoms with E-state index in [1.807, 2.05) is 0 Å². The molecule has 0 aliphatic heterocycles. The highest BCUT2D eigenvalue weighted by molar-refractivity contribution is 7.89. The van der Waals surface area contributed by atoms with E-state index in [0.29, 0.717) is 28.3 Å². The van der Waals surface area contributed by atoms with Crippen LogP contribution in [0.5, 0.6) is 5.75 Å². The number of carbonyl (C=O) groups is 1. The standard InChI is InChI=1S/C22H19Cl2N3O4S/c1-14(26-27-32(29,30)21-13-17(23)7-12-20(21)24)15-3-8-18(9-4-15)25-22(28)16-5-10-19(31-2)11-6-16/h3-13,27H,1-2H3,(H,25,28)/b26-14-. The minimum Gasteiger partial charge on any atom is -0.497 e. The van der Waals surface area contributed by atoms with Crippen molar-refractivity contribution in [3.8, 4) is 5.75 Å². The van der Waals surface area contributed by atoms with Gasteiger partial charge in [0.05, 0.1) is 17.8 Å². The Morgan fingerprint density at radius 3 is 2.19 bits per heavy atom. The minimum atomic E-state index is -4.00. The third kappa shape index (κ3) is 5.79. The topological polar surface area (TPSA) is 96.9 Å². The molecule has 0 fully saturated rings. The molecule has 0 aliphatic carbocycles. The molecule has 0 saturated carbocycles. The van der Waals surface area contributed by atoms with Crippen LogP contribution in [-0.2, 0) is 10.0 Å². The molecular weight excluding hydrogens is 473 g/mol. The van der Waals surface area contributed by atoms with Crippen molar-refractivity contribution in [1.82, 2.24) is 4.83 Å². The molecule has 2 N–H and O–H groups in total. The van der Waals surface area contributed by atoms with E-state index in [1.165, 1.54) is 18.2 Å². The molecule has 3 rings (SSSR count). The molecule has 0 heterocycles. The average molecular weight is 492 g/mol. The summed E-state index contributed by atoms with van der Waals surface area (Å²) < 4.78 is 30.0. The van der Waals surface area contributed by atoms with Gasteiger partial charge in [-0.3, -0.25) is 4.79 Å². The predicted octanol–water partition coefficient (Wildman–Crippen LogP) is 4.96. The number of hydrazone groups is 1. The quantitative estimate of drug-likeness (QED) is 0.360. The first-order valence-corrected chi connectivity index (χ1v) is 11.5. The van der Waals surface area contributed by atoms with E-state index in [4.69, 9.17) is 27.9 Å². The fourth-order valence-corrected chi connectivity index (χ4v) is 4.29. The van der Waals surface area contributed by atoms with Crippen molar-refractivity contribution in [2.24, 2.45) is 5.10 Å². The summed E-state index contributed by atoms with van der Waals surface area (Å²) in [6.07, 6.45) is 0. The van der Waals surface area contributed by atoms with E-state index < -0.39 is 10.0 Å². The van der Waals surface area contributed by atoms with E-state index in [0.717, 1.165) is 0 Å². The average Bonchev–Trinajstić information content (AvgIpc) is 2.79. The monoisotopic (exact) mass is 491 g/mol. The molecule has 10 heteroatoms. The van der Waals surface area contributed by atoms with Gasteiger partial charge in [0.2, 0.25) is 0 Å². The summed E-state index contributed by atoms with van der Waals surface area (Å²) in [5, 5.41) is 7.01. The molecule has 3 aromatic rings. The van der Waals surface area contributed by atoms with E-state index in [-0.39, 0.29) is 20.8 Å². The summed E-state index contributed by atoms with van der Waals surface area (Å²) in [5.41, 5.74) is 2.14. The smallest absolute Gasteiger partial charge is 0.278 e. The Kier molecular flexibility index (Phi) is 7.40. The van der Waals surface area contributed by atoms with Gasteiger partial charge in [0, 0.05) is 16.3 Å². The molecule has 1 amide bonds. The first-order valence-electron chi connectivity index (χ1n) is 9.26. The number of anilines is 1. The number of methoxy groups -OCH3 is 1. The Labute approximate surface area is 196 Å². The number of benzene rings is 3. The van der Waals surface area contributed by atoms with Crippen molar-refractivity contribution in [2.45, 2.75) is 11.8 Å². The molecule has 32 heavy (non-hydrogen) atoms. The minimum absolute atomic E-state index is 0.0340. The van der Waals surface area contributed by atoms with Crippen LogP contribution in [0.3, 0.4) is 0 Å². The van der Waals surface area contributed by atoms with Crippen LogP contribution < -0.4 is 14.9 Å². The summed E-state index contributed by atoms with van der Waals surface area (Å²) in [5.74, 6) is 0.394. The van der Waals surface area contributed by atoms with Gasteiger partial charge in [-0.15, -0.1) is 0 Å². The van der Waals surface area contributed by atoms with Crippen LogP contribution in [-0.4, -0.2) is 27.1 Å². The number of nitrogens with zero attached hydrogens (tertiary/aromatic N) is 1. The van der Waals surface area contributed by atoms with Crippen LogP contribution in [0.25, 0.3) is 0 Å². The third-order valence-electron chi connectivity index (χ3n) is 4.43. The van der Waals surface area contributed by atoms with Crippen molar-refractivity contribution in [3.63, 3.8) is 0 Å². The summed E-state index contributed by atoms with van der Waals surface area (Å²) in [4.78, 5) is 14.3. The Morgan fingerprint density at radius 2 is 1.56 bits per heavy atom. The summed E-state index contributed by atoms with van der Waals surface area (Å²) in [6.45, 7) is 1.65.